The third-order valence-electron chi connectivity index (χ3n) is 1.66. The van der Waals surface area contributed by atoms with Crippen LogP contribution in [0, 0.1) is 11.3 Å². The summed E-state index contributed by atoms with van der Waals surface area (Å²) in [4.78, 5) is 14.5. The number of carboxylic acids is 1. The van der Waals surface area contributed by atoms with Crippen LogP contribution < -0.4 is 5.32 Å². The summed E-state index contributed by atoms with van der Waals surface area (Å²) in [6.07, 6.45) is 0. The lowest BCUT2D eigenvalue weighted by atomic mass is 10.2. The van der Waals surface area contributed by atoms with Crippen molar-refractivity contribution in [3.8, 4) is 6.07 Å². The van der Waals surface area contributed by atoms with Crippen LogP contribution in [0.25, 0.3) is 0 Å². The Hall–Kier alpha value is -2.09. The van der Waals surface area contributed by atoms with Crippen molar-refractivity contribution < 1.29 is 9.90 Å². The van der Waals surface area contributed by atoms with E-state index in [9.17, 15) is 4.79 Å². The number of anilines is 1. The van der Waals surface area contributed by atoms with Crippen molar-refractivity contribution in [2.75, 3.05) is 5.32 Å². The zero-order chi connectivity index (χ0) is 11.4. The summed E-state index contributed by atoms with van der Waals surface area (Å²) in [5, 5.41) is 20.4. The summed E-state index contributed by atoms with van der Waals surface area (Å²) < 4.78 is 0. The molecule has 0 unspecified atom stereocenters. The molecule has 1 rings (SSSR count). The molecule has 5 heteroatoms. The van der Waals surface area contributed by atoms with Crippen molar-refractivity contribution in [2.45, 2.75) is 19.9 Å². The van der Waals surface area contributed by atoms with Gasteiger partial charge in [-0.15, -0.1) is 0 Å². The molecule has 0 aliphatic rings. The standard InChI is InChI=1S/C10H11N3O2/c1-6(2)12-9-7(5-11)3-4-8(13-9)10(14)15/h3-4,6H,1-2H3,(H,12,13)(H,14,15). The maximum absolute atomic E-state index is 10.7. The third-order valence-corrected chi connectivity index (χ3v) is 1.66. The first-order valence-corrected chi connectivity index (χ1v) is 4.45. The maximum atomic E-state index is 10.7. The highest BCUT2D eigenvalue weighted by molar-refractivity contribution is 5.86. The minimum atomic E-state index is -1.11. The number of carboxylic acid groups (broad SMARTS) is 1. The van der Waals surface area contributed by atoms with Gasteiger partial charge in [0.2, 0.25) is 0 Å². The van der Waals surface area contributed by atoms with Crippen molar-refractivity contribution in [3.63, 3.8) is 0 Å². The van der Waals surface area contributed by atoms with Gasteiger partial charge in [-0.1, -0.05) is 0 Å². The Balaban J connectivity index is 3.14. The number of aromatic nitrogens is 1. The zero-order valence-corrected chi connectivity index (χ0v) is 8.48. The number of nitrogens with one attached hydrogen (secondary N) is 1. The second-order valence-corrected chi connectivity index (χ2v) is 3.31. The number of hydrogen-bond acceptors (Lipinski definition) is 4. The molecule has 1 aromatic rings. The van der Waals surface area contributed by atoms with Gasteiger partial charge in [-0.25, -0.2) is 9.78 Å². The van der Waals surface area contributed by atoms with Crippen LogP contribution in [-0.4, -0.2) is 22.1 Å². The molecule has 1 heterocycles. The molecule has 0 radical (unpaired) electrons. The van der Waals surface area contributed by atoms with Gasteiger partial charge in [-0.2, -0.15) is 5.26 Å². The van der Waals surface area contributed by atoms with E-state index in [2.05, 4.69) is 10.3 Å². The average molecular weight is 205 g/mol. The Morgan fingerprint density at radius 2 is 2.27 bits per heavy atom. The fourth-order valence-electron chi connectivity index (χ4n) is 1.05. The van der Waals surface area contributed by atoms with E-state index >= 15 is 0 Å². The number of hydrogen-bond donors (Lipinski definition) is 2. The fraction of sp³-hybridized carbons (Fsp3) is 0.300. The molecule has 0 saturated heterocycles. The van der Waals surface area contributed by atoms with Gasteiger partial charge in [-0.05, 0) is 26.0 Å². The molecule has 0 saturated carbocycles. The SMILES string of the molecule is CC(C)Nc1nc(C(=O)O)ccc1C#N. The largest absolute Gasteiger partial charge is 0.477 e. The van der Waals surface area contributed by atoms with Gasteiger partial charge in [0.15, 0.2) is 5.69 Å². The summed E-state index contributed by atoms with van der Waals surface area (Å²) in [5.41, 5.74) is 0.269. The molecule has 5 nitrogen and oxygen atoms in total. The highest BCUT2D eigenvalue weighted by Gasteiger charge is 2.10. The minimum absolute atomic E-state index is 0.0721. The average Bonchev–Trinajstić information content (AvgIpc) is 2.16. The molecule has 1 aromatic heterocycles. The molecular weight excluding hydrogens is 194 g/mol. The van der Waals surface area contributed by atoms with Gasteiger partial charge in [-0.3, -0.25) is 0 Å². The second-order valence-electron chi connectivity index (χ2n) is 3.31. The Morgan fingerprint density at radius 1 is 1.60 bits per heavy atom. The smallest absolute Gasteiger partial charge is 0.354 e. The lowest BCUT2D eigenvalue weighted by molar-refractivity contribution is 0.0690. The van der Waals surface area contributed by atoms with E-state index in [-0.39, 0.29) is 11.7 Å². The number of carbonyl (C=O) groups is 1. The topological polar surface area (TPSA) is 86.0 Å². The van der Waals surface area contributed by atoms with Gasteiger partial charge in [0.1, 0.15) is 11.9 Å². The highest BCUT2D eigenvalue weighted by Crippen LogP contribution is 2.13. The van der Waals surface area contributed by atoms with Crippen molar-refractivity contribution >= 4 is 11.8 Å². The molecule has 78 valence electrons. The lowest BCUT2D eigenvalue weighted by Crippen LogP contribution is -2.14. The van der Waals surface area contributed by atoms with Gasteiger partial charge < -0.3 is 10.4 Å². The summed E-state index contributed by atoms with van der Waals surface area (Å²) >= 11 is 0. The first kappa shape index (κ1) is 11.0. The van der Waals surface area contributed by atoms with E-state index in [0.717, 1.165) is 0 Å². The number of aromatic carboxylic acids is 1. The maximum Gasteiger partial charge on any atom is 0.354 e. The molecule has 0 fully saturated rings. The van der Waals surface area contributed by atoms with Gasteiger partial charge in [0.05, 0.1) is 5.56 Å². The van der Waals surface area contributed by atoms with E-state index < -0.39 is 5.97 Å². The van der Waals surface area contributed by atoms with Gasteiger partial charge in [0, 0.05) is 6.04 Å². The molecule has 15 heavy (non-hydrogen) atoms. The van der Waals surface area contributed by atoms with E-state index in [1.54, 1.807) is 0 Å². The molecule has 2 N–H and O–H groups in total. The van der Waals surface area contributed by atoms with Crippen molar-refractivity contribution in [1.82, 2.24) is 4.98 Å². The van der Waals surface area contributed by atoms with Crippen LogP contribution in [0.1, 0.15) is 29.9 Å². The Labute approximate surface area is 87.4 Å². The van der Waals surface area contributed by atoms with Crippen molar-refractivity contribution in [3.05, 3.63) is 23.4 Å². The van der Waals surface area contributed by atoms with Crippen LogP contribution in [0.3, 0.4) is 0 Å². The Morgan fingerprint density at radius 3 is 2.73 bits per heavy atom. The molecule has 0 spiro atoms. The van der Waals surface area contributed by atoms with Crippen LogP contribution >= 0.6 is 0 Å². The predicted octanol–water partition coefficient (Wildman–Crippen LogP) is 1.47. The van der Waals surface area contributed by atoms with E-state index in [1.165, 1.54) is 12.1 Å². The first-order valence-electron chi connectivity index (χ1n) is 4.45. The molecule has 0 bridgehead atoms. The number of nitrogens with zero attached hydrogens (tertiary/aromatic N) is 2. The Kier molecular flexibility index (Phi) is 3.24. The number of nitriles is 1. The fourth-order valence-corrected chi connectivity index (χ4v) is 1.05. The minimum Gasteiger partial charge on any atom is -0.477 e. The molecule has 0 aliphatic carbocycles. The number of rotatable bonds is 3. The summed E-state index contributed by atoms with van der Waals surface area (Å²) in [6.45, 7) is 3.77. The quantitative estimate of drug-likeness (QED) is 0.780. The van der Waals surface area contributed by atoms with Gasteiger partial charge in [0.25, 0.3) is 0 Å². The van der Waals surface area contributed by atoms with Crippen molar-refractivity contribution in [1.29, 1.82) is 5.26 Å². The monoisotopic (exact) mass is 205 g/mol. The molecular formula is C10H11N3O2. The molecule has 0 aliphatic heterocycles. The summed E-state index contributed by atoms with van der Waals surface area (Å²) in [6, 6.07) is 4.80. The van der Waals surface area contributed by atoms with E-state index in [0.29, 0.717) is 11.4 Å². The summed E-state index contributed by atoms with van der Waals surface area (Å²) in [7, 11) is 0. The van der Waals surface area contributed by atoms with Crippen molar-refractivity contribution in [2.24, 2.45) is 0 Å². The predicted molar refractivity (Wildman–Crippen MR) is 54.7 cm³/mol. The van der Waals surface area contributed by atoms with E-state index in [1.807, 2.05) is 19.9 Å². The third kappa shape index (κ3) is 2.68. The second kappa shape index (κ2) is 4.42. The first-order chi connectivity index (χ1) is 7.04. The summed E-state index contributed by atoms with van der Waals surface area (Å²) in [5.74, 6) is -0.793. The molecule has 0 amide bonds. The normalized spacial score (nSPS) is 9.73. The van der Waals surface area contributed by atoms with Gasteiger partial charge >= 0.3 is 5.97 Å². The van der Waals surface area contributed by atoms with E-state index in [4.69, 9.17) is 10.4 Å². The van der Waals surface area contributed by atoms with Crippen LogP contribution in [0.4, 0.5) is 5.82 Å². The lowest BCUT2D eigenvalue weighted by Gasteiger charge is -2.10. The number of pyridine rings is 1. The molecule has 0 aromatic carbocycles. The Bertz CT molecular complexity index is 421. The van der Waals surface area contributed by atoms with Crippen LogP contribution in [0.15, 0.2) is 12.1 Å². The van der Waals surface area contributed by atoms with Crippen LogP contribution in [0.5, 0.6) is 0 Å². The van der Waals surface area contributed by atoms with Crippen LogP contribution in [-0.2, 0) is 0 Å². The zero-order valence-electron chi connectivity index (χ0n) is 8.48. The molecule has 0 atom stereocenters. The highest BCUT2D eigenvalue weighted by atomic mass is 16.4. The van der Waals surface area contributed by atoms with Crippen LogP contribution in [0.2, 0.25) is 0 Å².